The number of anilines is 2. The molecular weight excluding hydrogens is 456 g/mol. The molecule has 0 radical (unpaired) electrons. The summed E-state index contributed by atoms with van der Waals surface area (Å²) in [6.45, 7) is 2.95. The maximum absolute atomic E-state index is 12.8. The fraction of sp³-hybridized carbons (Fsp3) is 0.375. The molecule has 0 bridgehead atoms. The lowest BCUT2D eigenvalue weighted by Crippen LogP contribution is -2.28. The Morgan fingerprint density at radius 3 is 2.56 bits per heavy atom. The number of carbonyl (C=O) groups is 2. The number of hydrogen-bond donors (Lipinski definition) is 1. The van der Waals surface area contributed by atoms with Crippen molar-refractivity contribution >= 4 is 39.0 Å². The maximum atomic E-state index is 12.8. The number of amides is 2. The smallest absolute Gasteiger partial charge is 0.283 e. The zero-order valence-corrected chi connectivity index (χ0v) is 20.3. The predicted molar refractivity (Wildman–Crippen MR) is 130 cm³/mol. The fourth-order valence-corrected chi connectivity index (χ4v) is 5.28. The number of amidine groups is 1. The summed E-state index contributed by atoms with van der Waals surface area (Å²) in [6.07, 6.45) is 1.60. The quantitative estimate of drug-likeness (QED) is 0.676. The Kier molecular flexibility index (Phi) is 6.60. The van der Waals surface area contributed by atoms with Crippen LogP contribution in [0.25, 0.3) is 0 Å². The summed E-state index contributed by atoms with van der Waals surface area (Å²) < 4.78 is 34.5. The number of hydrogen-bond acceptors (Lipinski definition) is 5. The fourth-order valence-electron chi connectivity index (χ4n) is 4.18. The van der Waals surface area contributed by atoms with Gasteiger partial charge < -0.3 is 19.9 Å². The van der Waals surface area contributed by atoms with Crippen LogP contribution in [0, 0.1) is 12.8 Å². The lowest BCUT2D eigenvalue weighted by atomic mass is 10.1. The van der Waals surface area contributed by atoms with Crippen molar-refractivity contribution in [2.75, 3.05) is 37.5 Å². The van der Waals surface area contributed by atoms with Crippen LogP contribution in [0.2, 0.25) is 0 Å². The van der Waals surface area contributed by atoms with Crippen molar-refractivity contribution in [3.05, 3.63) is 48.0 Å². The van der Waals surface area contributed by atoms with E-state index in [2.05, 4.69) is 9.71 Å². The highest BCUT2D eigenvalue weighted by molar-refractivity contribution is 7.90. The minimum Gasteiger partial charge on any atom is -0.495 e. The Morgan fingerprint density at radius 2 is 1.91 bits per heavy atom. The van der Waals surface area contributed by atoms with Gasteiger partial charge in [-0.25, -0.2) is 0 Å². The van der Waals surface area contributed by atoms with E-state index in [1.54, 1.807) is 18.1 Å². The molecule has 2 aliphatic rings. The summed E-state index contributed by atoms with van der Waals surface area (Å²) in [7, 11) is -0.457. The summed E-state index contributed by atoms with van der Waals surface area (Å²) in [5.41, 5.74) is 2.08. The SMILES string of the molecule is COc1ccc(C)cc1N1CC(C(=O)Nc2ccc(S(=O)(=O)/N=C3/CCCN3C)cc2)CC1=O. The highest BCUT2D eigenvalue weighted by Crippen LogP contribution is 2.34. The molecule has 2 heterocycles. The van der Waals surface area contributed by atoms with Gasteiger partial charge in [0.2, 0.25) is 11.8 Å². The van der Waals surface area contributed by atoms with Gasteiger partial charge in [0.15, 0.2) is 0 Å². The van der Waals surface area contributed by atoms with Crippen LogP contribution in [0.15, 0.2) is 51.8 Å². The van der Waals surface area contributed by atoms with Crippen molar-refractivity contribution in [2.45, 2.75) is 31.1 Å². The van der Waals surface area contributed by atoms with Crippen LogP contribution in [-0.2, 0) is 19.6 Å². The summed E-state index contributed by atoms with van der Waals surface area (Å²) in [6, 6.07) is 11.5. The number of methoxy groups -OCH3 is 1. The number of ether oxygens (including phenoxy) is 1. The molecule has 2 amide bonds. The molecule has 1 N–H and O–H groups in total. The van der Waals surface area contributed by atoms with Crippen LogP contribution in [0.4, 0.5) is 11.4 Å². The molecule has 2 saturated heterocycles. The highest BCUT2D eigenvalue weighted by Gasteiger charge is 2.36. The minimum absolute atomic E-state index is 0.0621. The van der Waals surface area contributed by atoms with Crippen molar-refractivity contribution in [1.29, 1.82) is 0 Å². The molecule has 1 atom stereocenters. The van der Waals surface area contributed by atoms with Crippen LogP contribution in [-0.4, -0.2) is 58.2 Å². The number of rotatable bonds is 6. The van der Waals surface area contributed by atoms with Gasteiger partial charge in [-0.2, -0.15) is 8.42 Å². The van der Waals surface area contributed by atoms with Crippen molar-refractivity contribution in [2.24, 2.45) is 10.3 Å². The van der Waals surface area contributed by atoms with Gasteiger partial charge >= 0.3 is 0 Å². The van der Waals surface area contributed by atoms with Gasteiger partial charge in [-0.15, -0.1) is 4.40 Å². The first-order valence-corrected chi connectivity index (χ1v) is 12.5. The van der Waals surface area contributed by atoms with Crippen molar-refractivity contribution < 1.29 is 22.7 Å². The second kappa shape index (κ2) is 9.46. The Hall–Kier alpha value is -3.40. The minimum atomic E-state index is -3.82. The molecule has 1 unspecified atom stereocenters. The average Bonchev–Trinajstić information content (AvgIpc) is 3.39. The number of nitrogens with zero attached hydrogens (tertiary/aromatic N) is 3. The summed E-state index contributed by atoms with van der Waals surface area (Å²) in [5, 5.41) is 2.79. The predicted octanol–water partition coefficient (Wildman–Crippen LogP) is 2.81. The van der Waals surface area contributed by atoms with E-state index in [0.717, 1.165) is 18.5 Å². The van der Waals surface area contributed by atoms with Crippen molar-refractivity contribution in [3.8, 4) is 5.75 Å². The first kappa shape index (κ1) is 23.7. The number of sulfonamides is 1. The van der Waals surface area contributed by atoms with E-state index in [-0.39, 0.29) is 29.7 Å². The molecule has 0 aliphatic carbocycles. The average molecular weight is 485 g/mol. The standard InChI is InChI=1S/C24H28N4O5S/c1-16-6-11-21(33-3)20(13-16)28-15-17(14-23(28)29)24(30)25-18-7-9-19(10-8-18)34(31,32)26-22-5-4-12-27(22)2/h6-11,13,17H,4-5,12,14-15H2,1-3H3,(H,25,30)/b26-22-. The van der Waals surface area contributed by atoms with E-state index >= 15 is 0 Å². The number of carbonyl (C=O) groups excluding carboxylic acids is 2. The molecule has 2 fully saturated rings. The third-order valence-corrected chi connectivity index (χ3v) is 7.42. The molecule has 2 aromatic rings. The Balaban J connectivity index is 1.44. The molecule has 180 valence electrons. The molecule has 4 rings (SSSR count). The largest absolute Gasteiger partial charge is 0.495 e. The van der Waals surface area contributed by atoms with Gasteiger partial charge in [-0.3, -0.25) is 9.59 Å². The zero-order valence-electron chi connectivity index (χ0n) is 19.4. The molecule has 0 saturated carbocycles. The molecular formula is C24H28N4O5S. The van der Waals surface area contributed by atoms with Crippen LogP contribution >= 0.6 is 0 Å². The van der Waals surface area contributed by atoms with Gasteiger partial charge in [0.1, 0.15) is 11.6 Å². The molecule has 0 aromatic heterocycles. The van der Waals surface area contributed by atoms with Crippen LogP contribution in [0.1, 0.15) is 24.8 Å². The lowest BCUT2D eigenvalue weighted by Gasteiger charge is -2.20. The van der Waals surface area contributed by atoms with Gasteiger partial charge in [-0.05, 0) is 55.3 Å². The molecule has 34 heavy (non-hydrogen) atoms. The zero-order chi connectivity index (χ0) is 24.5. The second-order valence-corrected chi connectivity index (χ2v) is 10.2. The number of benzene rings is 2. The van der Waals surface area contributed by atoms with Crippen molar-refractivity contribution in [1.82, 2.24) is 4.90 Å². The Morgan fingerprint density at radius 1 is 1.18 bits per heavy atom. The first-order valence-electron chi connectivity index (χ1n) is 11.1. The summed E-state index contributed by atoms with van der Waals surface area (Å²) >= 11 is 0. The van der Waals surface area contributed by atoms with E-state index < -0.39 is 15.9 Å². The highest BCUT2D eigenvalue weighted by atomic mass is 32.2. The molecule has 10 heteroatoms. The van der Waals surface area contributed by atoms with Crippen molar-refractivity contribution in [3.63, 3.8) is 0 Å². The normalized spacial score (nSPS) is 19.7. The van der Waals surface area contributed by atoms with Gasteiger partial charge in [0.25, 0.3) is 10.0 Å². The van der Waals surface area contributed by atoms with Crippen LogP contribution in [0.5, 0.6) is 5.75 Å². The first-order chi connectivity index (χ1) is 16.2. The van der Waals surface area contributed by atoms with Crippen LogP contribution < -0.4 is 15.0 Å². The van der Waals surface area contributed by atoms with E-state index in [9.17, 15) is 18.0 Å². The number of aryl methyl sites for hydroxylation is 1. The van der Waals surface area contributed by atoms with E-state index in [1.165, 1.54) is 24.3 Å². The van der Waals surface area contributed by atoms with E-state index in [0.29, 0.717) is 29.4 Å². The Labute approximate surface area is 199 Å². The molecule has 9 nitrogen and oxygen atoms in total. The molecule has 2 aliphatic heterocycles. The third-order valence-electron chi connectivity index (χ3n) is 6.10. The number of likely N-dealkylation sites (tertiary alicyclic amines) is 1. The van der Waals surface area contributed by atoms with E-state index in [4.69, 9.17) is 4.74 Å². The topological polar surface area (TPSA) is 108 Å². The lowest BCUT2D eigenvalue weighted by molar-refractivity contribution is -0.122. The molecule has 0 spiro atoms. The van der Waals surface area contributed by atoms with Gasteiger partial charge in [0.05, 0.1) is 23.6 Å². The number of nitrogens with one attached hydrogen (secondary N) is 1. The van der Waals surface area contributed by atoms with E-state index in [1.807, 2.05) is 31.0 Å². The Bertz CT molecular complexity index is 1240. The van der Waals surface area contributed by atoms with Crippen LogP contribution in [0.3, 0.4) is 0 Å². The molecule has 2 aromatic carbocycles. The summed E-state index contributed by atoms with van der Waals surface area (Å²) in [4.78, 5) is 29.0. The van der Waals surface area contributed by atoms with Gasteiger partial charge in [0, 0.05) is 38.7 Å². The monoisotopic (exact) mass is 484 g/mol. The maximum Gasteiger partial charge on any atom is 0.283 e. The second-order valence-electron chi connectivity index (χ2n) is 8.60. The third kappa shape index (κ3) is 4.91. The van der Waals surface area contributed by atoms with Gasteiger partial charge in [-0.1, -0.05) is 6.07 Å². The summed E-state index contributed by atoms with van der Waals surface area (Å²) in [5.74, 6) is 0.139.